The first-order chi connectivity index (χ1) is 12.5. The van der Waals surface area contributed by atoms with Crippen molar-refractivity contribution in [2.75, 3.05) is 11.9 Å². The summed E-state index contributed by atoms with van der Waals surface area (Å²) in [5, 5.41) is 33.8. The number of nitrogens with one attached hydrogen (secondary N) is 1. The second kappa shape index (κ2) is 6.73. The number of imidazole rings is 1. The number of rotatable bonds is 4. The van der Waals surface area contributed by atoms with Gasteiger partial charge in [-0.3, -0.25) is 4.57 Å². The summed E-state index contributed by atoms with van der Waals surface area (Å²) in [6, 6.07) is 0.375. The molecule has 26 heavy (non-hydrogen) atoms. The summed E-state index contributed by atoms with van der Waals surface area (Å²) in [5.41, 5.74) is -0.454. The summed E-state index contributed by atoms with van der Waals surface area (Å²) in [4.78, 5) is 13.0. The maximum absolute atomic E-state index is 10.5. The molecule has 2 fully saturated rings. The van der Waals surface area contributed by atoms with E-state index < -0.39 is 30.6 Å². The standard InChI is InChI=1S/C17H25N5O4/c1-17(25)11(7-23)26-16(13(17)24)22-9-20-12-14(18-8-19-15(12)22)21-10-5-3-2-4-6-10/h8-11,13,16,23-25H,2-7H2,1H3,(H,18,19,21)/t11-,13+,16?,17-/m1/s1. The third kappa shape index (κ3) is 2.84. The molecular formula is C17H25N5O4. The largest absolute Gasteiger partial charge is 0.394 e. The lowest BCUT2D eigenvalue weighted by Gasteiger charge is -2.25. The van der Waals surface area contributed by atoms with Crippen LogP contribution in [0.25, 0.3) is 11.2 Å². The third-order valence-corrected chi connectivity index (χ3v) is 5.57. The average Bonchev–Trinajstić information content (AvgIpc) is 3.16. The molecule has 142 valence electrons. The average molecular weight is 363 g/mol. The van der Waals surface area contributed by atoms with Crippen LogP contribution in [0.2, 0.25) is 0 Å². The highest BCUT2D eigenvalue weighted by molar-refractivity contribution is 5.82. The summed E-state index contributed by atoms with van der Waals surface area (Å²) < 4.78 is 7.25. The quantitative estimate of drug-likeness (QED) is 0.621. The fraction of sp³-hybridized carbons (Fsp3) is 0.706. The predicted octanol–water partition coefficient (Wildman–Crippen LogP) is 0.572. The Balaban J connectivity index is 1.64. The number of ether oxygens (including phenoxy) is 1. The molecule has 1 aliphatic carbocycles. The van der Waals surface area contributed by atoms with E-state index in [4.69, 9.17) is 4.74 Å². The molecule has 0 spiro atoms. The molecular weight excluding hydrogens is 338 g/mol. The number of hydrogen-bond acceptors (Lipinski definition) is 8. The Morgan fingerprint density at radius 2 is 2.04 bits per heavy atom. The van der Waals surface area contributed by atoms with Crippen molar-refractivity contribution in [1.82, 2.24) is 19.5 Å². The first-order valence-electron chi connectivity index (χ1n) is 9.13. The number of aliphatic hydroxyl groups is 3. The van der Waals surface area contributed by atoms with Crippen LogP contribution in [-0.4, -0.2) is 65.3 Å². The second-order valence-electron chi connectivity index (χ2n) is 7.39. The Bertz CT molecular complexity index is 774. The van der Waals surface area contributed by atoms with Crippen molar-refractivity contribution >= 4 is 17.0 Å². The molecule has 1 saturated heterocycles. The molecule has 1 saturated carbocycles. The molecule has 2 aliphatic rings. The molecule has 4 N–H and O–H groups in total. The van der Waals surface area contributed by atoms with Crippen molar-refractivity contribution in [2.24, 2.45) is 0 Å². The van der Waals surface area contributed by atoms with E-state index in [9.17, 15) is 15.3 Å². The lowest BCUT2D eigenvalue weighted by atomic mass is 9.95. The van der Waals surface area contributed by atoms with Crippen molar-refractivity contribution in [3.05, 3.63) is 12.7 Å². The van der Waals surface area contributed by atoms with Crippen LogP contribution in [0.3, 0.4) is 0 Å². The second-order valence-corrected chi connectivity index (χ2v) is 7.39. The number of aliphatic hydroxyl groups excluding tert-OH is 2. The molecule has 9 nitrogen and oxygen atoms in total. The minimum atomic E-state index is -1.56. The van der Waals surface area contributed by atoms with Gasteiger partial charge < -0.3 is 25.4 Å². The lowest BCUT2D eigenvalue weighted by molar-refractivity contribution is -0.0804. The van der Waals surface area contributed by atoms with E-state index in [0.29, 0.717) is 23.0 Å². The Hall–Kier alpha value is -1.81. The molecule has 0 aromatic carbocycles. The van der Waals surface area contributed by atoms with Crippen LogP contribution in [0.4, 0.5) is 5.82 Å². The molecule has 3 heterocycles. The van der Waals surface area contributed by atoms with Crippen LogP contribution in [0, 0.1) is 0 Å². The van der Waals surface area contributed by atoms with E-state index in [0.717, 1.165) is 12.8 Å². The van der Waals surface area contributed by atoms with Gasteiger partial charge in [-0.15, -0.1) is 0 Å². The first-order valence-corrected chi connectivity index (χ1v) is 9.13. The smallest absolute Gasteiger partial charge is 0.167 e. The van der Waals surface area contributed by atoms with Gasteiger partial charge in [0.1, 0.15) is 24.1 Å². The van der Waals surface area contributed by atoms with Gasteiger partial charge in [-0.1, -0.05) is 19.3 Å². The van der Waals surface area contributed by atoms with E-state index in [1.807, 2.05) is 0 Å². The highest BCUT2D eigenvalue weighted by atomic mass is 16.6. The minimum absolute atomic E-state index is 0.375. The van der Waals surface area contributed by atoms with Crippen molar-refractivity contribution in [3.8, 4) is 0 Å². The van der Waals surface area contributed by atoms with E-state index >= 15 is 0 Å². The number of nitrogens with zero attached hydrogens (tertiary/aromatic N) is 4. The van der Waals surface area contributed by atoms with Crippen LogP contribution in [-0.2, 0) is 4.74 Å². The molecule has 1 unspecified atom stereocenters. The molecule has 4 rings (SSSR count). The fourth-order valence-corrected chi connectivity index (χ4v) is 3.89. The zero-order chi connectivity index (χ0) is 18.3. The molecule has 2 aromatic rings. The van der Waals surface area contributed by atoms with Gasteiger partial charge in [0.05, 0.1) is 12.9 Å². The maximum atomic E-state index is 10.5. The van der Waals surface area contributed by atoms with Gasteiger partial charge in [-0.25, -0.2) is 15.0 Å². The van der Waals surface area contributed by atoms with Gasteiger partial charge in [0.15, 0.2) is 23.2 Å². The van der Waals surface area contributed by atoms with Crippen LogP contribution in [0.1, 0.15) is 45.3 Å². The lowest BCUT2D eigenvalue weighted by Crippen LogP contribution is -2.46. The van der Waals surface area contributed by atoms with Crippen LogP contribution >= 0.6 is 0 Å². The van der Waals surface area contributed by atoms with Crippen LogP contribution in [0.5, 0.6) is 0 Å². The van der Waals surface area contributed by atoms with Gasteiger partial charge in [0.2, 0.25) is 0 Å². The van der Waals surface area contributed by atoms with Gasteiger partial charge in [-0.05, 0) is 19.8 Å². The first kappa shape index (κ1) is 17.6. The highest BCUT2D eigenvalue weighted by Gasteiger charge is 2.52. The van der Waals surface area contributed by atoms with Gasteiger partial charge in [0.25, 0.3) is 0 Å². The fourth-order valence-electron chi connectivity index (χ4n) is 3.89. The van der Waals surface area contributed by atoms with E-state index in [1.165, 1.54) is 38.8 Å². The monoisotopic (exact) mass is 363 g/mol. The molecule has 4 atom stereocenters. The molecule has 2 aromatic heterocycles. The Morgan fingerprint density at radius 1 is 1.27 bits per heavy atom. The van der Waals surface area contributed by atoms with E-state index in [1.54, 1.807) is 4.57 Å². The van der Waals surface area contributed by atoms with E-state index in [-0.39, 0.29) is 0 Å². The SMILES string of the molecule is C[C@@]1(O)[C@@H](CO)OC(n2cnc3c(NC4CCCCC4)ncnc32)[C@@H]1O. The van der Waals surface area contributed by atoms with Crippen molar-refractivity contribution in [1.29, 1.82) is 0 Å². The van der Waals surface area contributed by atoms with E-state index in [2.05, 4.69) is 20.3 Å². The maximum Gasteiger partial charge on any atom is 0.167 e. The summed E-state index contributed by atoms with van der Waals surface area (Å²) in [6.45, 7) is 1.05. The summed E-state index contributed by atoms with van der Waals surface area (Å²) >= 11 is 0. The van der Waals surface area contributed by atoms with Crippen molar-refractivity contribution in [3.63, 3.8) is 0 Å². The number of anilines is 1. The topological polar surface area (TPSA) is 126 Å². The molecule has 0 radical (unpaired) electrons. The Labute approximate surface area is 151 Å². The zero-order valence-electron chi connectivity index (χ0n) is 14.7. The summed E-state index contributed by atoms with van der Waals surface area (Å²) in [5.74, 6) is 0.665. The zero-order valence-corrected chi connectivity index (χ0v) is 14.7. The third-order valence-electron chi connectivity index (χ3n) is 5.57. The Kier molecular flexibility index (Phi) is 4.55. The number of aromatic nitrogens is 4. The normalized spacial score (nSPS) is 33.0. The van der Waals surface area contributed by atoms with Gasteiger partial charge in [0, 0.05) is 6.04 Å². The Morgan fingerprint density at radius 3 is 2.73 bits per heavy atom. The summed E-state index contributed by atoms with van der Waals surface area (Å²) in [6.07, 6.45) is 5.89. The van der Waals surface area contributed by atoms with Gasteiger partial charge in [-0.2, -0.15) is 0 Å². The van der Waals surface area contributed by atoms with Gasteiger partial charge >= 0.3 is 0 Å². The minimum Gasteiger partial charge on any atom is -0.394 e. The van der Waals surface area contributed by atoms with Crippen molar-refractivity contribution in [2.45, 2.75) is 69.1 Å². The molecule has 9 heteroatoms. The molecule has 0 amide bonds. The van der Waals surface area contributed by atoms with Crippen LogP contribution in [0.15, 0.2) is 12.7 Å². The number of fused-ring (bicyclic) bond motifs is 1. The highest BCUT2D eigenvalue weighted by Crippen LogP contribution is 2.38. The summed E-state index contributed by atoms with van der Waals surface area (Å²) in [7, 11) is 0. The molecule has 1 aliphatic heterocycles. The predicted molar refractivity (Wildman–Crippen MR) is 93.4 cm³/mol. The van der Waals surface area contributed by atoms with Crippen molar-refractivity contribution < 1.29 is 20.1 Å². The van der Waals surface area contributed by atoms with Crippen LogP contribution < -0.4 is 5.32 Å². The molecule has 0 bridgehead atoms. The number of hydrogen-bond donors (Lipinski definition) is 4.